The normalized spacial score (nSPS) is 10.5. The van der Waals surface area contributed by atoms with Crippen molar-refractivity contribution in [2.45, 2.75) is 6.92 Å². The molecule has 0 bridgehead atoms. The van der Waals surface area contributed by atoms with Gasteiger partial charge in [-0.2, -0.15) is 0 Å². The molecule has 1 amide bonds. The number of nitrogens with zero attached hydrogens (tertiary/aromatic N) is 1. The summed E-state index contributed by atoms with van der Waals surface area (Å²) in [5.74, 6) is 0.266. The third-order valence-corrected chi connectivity index (χ3v) is 3.55. The molecule has 0 spiro atoms. The molecule has 1 N–H and O–H groups in total. The van der Waals surface area contributed by atoms with Crippen LogP contribution >= 0.6 is 0 Å². The third-order valence-electron chi connectivity index (χ3n) is 3.55. The highest BCUT2D eigenvalue weighted by Gasteiger charge is 2.14. The molecule has 3 aromatic rings. The first-order valence-corrected chi connectivity index (χ1v) is 7.25. The average molecular weight is 326 g/mol. The highest BCUT2D eigenvalue weighted by molar-refractivity contribution is 6.03. The molecule has 0 saturated carbocycles. The lowest BCUT2D eigenvalue weighted by Crippen LogP contribution is -2.11. The zero-order valence-electron chi connectivity index (χ0n) is 13.2. The third kappa shape index (κ3) is 3.27. The molecule has 0 unspecified atom stereocenters. The minimum Gasteiger partial charge on any atom is -0.497 e. The van der Waals surface area contributed by atoms with E-state index in [0.717, 1.165) is 0 Å². The Bertz CT molecular complexity index is 872. The molecule has 24 heavy (non-hydrogen) atoms. The summed E-state index contributed by atoms with van der Waals surface area (Å²) in [6.07, 6.45) is 0. The van der Waals surface area contributed by atoms with Crippen molar-refractivity contribution >= 4 is 11.6 Å². The molecule has 122 valence electrons. The summed E-state index contributed by atoms with van der Waals surface area (Å²) in [6, 6.07) is 13.1. The van der Waals surface area contributed by atoms with E-state index in [4.69, 9.17) is 9.26 Å². The molecule has 0 aliphatic heterocycles. The number of carbonyl (C=O) groups is 1. The maximum atomic E-state index is 13.6. The maximum absolute atomic E-state index is 13.6. The van der Waals surface area contributed by atoms with Crippen LogP contribution in [-0.2, 0) is 0 Å². The first kappa shape index (κ1) is 15.7. The molecule has 0 fully saturated rings. The Morgan fingerprint density at radius 3 is 2.58 bits per heavy atom. The van der Waals surface area contributed by atoms with Gasteiger partial charge in [-0.25, -0.2) is 4.39 Å². The van der Waals surface area contributed by atoms with Gasteiger partial charge in [-0.3, -0.25) is 4.79 Å². The van der Waals surface area contributed by atoms with Gasteiger partial charge in [0.05, 0.1) is 7.11 Å². The number of benzene rings is 2. The second-order valence-corrected chi connectivity index (χ2v) is 5.22. The zero-order valence-corrected chi connectivity index (χ0v) is 13.2. The summed E-state index contributed by atoms with van der Waals surface area (Å²) in [5, 5.41) is 6.44. The van der Waals surface area contributed by atoms with Crippen LogP contribution in [-0.4, -0.2) is 18.2 Å². The second-order valence-electron chi connectivity index (χ2n) is 5.22. The second kappa shape index (κ2) is 6.54. The lowest BCUT2D eigenvalue weighted by molar-refractivity contribution is 0.101. The van der Waals surface area contributed by atoms with Crippen LogP contribution in [0.25, 0.3) is 11.3 Å². The van der Waals surface area contributed by atoms with Crippen LogP contribution < -0.4 is 10.1 Å². The van der Waals surface area contributed by atoms with Gasteiger partial charge in [0.2, 0.25) is 0 Å². The predicted molar refractivity (Wildman–Crippen MR) is 87.6 cm³/mol. The van der Waals surface area contributed by atoms with E-state index in [9.17, 15) is 9.18 Å². The number of hydrogen-bond donors (Lipinski definition) is 1. The fourth-order valence-electron chi connectivity index (χ4n) is 2.13. The minimum atomic E-state index is -0.414. The Morgan fingerprint density at radius 1 is 1.17 bits per heavy atom. The lowest BCUT2D eigenvalue weighted by Gasteiger charge is -2.04. The number of methoxy groups -OCH3 is 1. The van der Waals surface area contributed by atoms with Crippen molar-refractivity contribution in [3.63, 3.8) is 0 Å². The van der Waals surface area contributed by atoms with Crippen molar-refractivity contribution in [2.24, 2.45) is 0 Å². The molecular weight excluding hydrogens is 311 g/mol. The molecule has 3 rings (SSSR count). The van der Waals surface area contributed by atoms with E-state index in [2.05, 4.69) is 10.5 Å². The van der Waals surface area contributed by atoms with E-state index >= 15 is 0 Å². The molecule has 0 atom stereocenters. The number of anilines is 1. The van der Waals surface area contributed by atoms with Crippen LogP contribution in [0, 0.1) is 12.7 Å². The van der Waals surface area contributed by atoms with Gasteiger partial charge < -0.3 is 14.6 Å². The number of aryl methyl sites for hydroxylation is 1. The number of amides is 1. The molecule has 0 aliphatic rings. The van der Waals surface area contributed by atoms with Crippen molar-refractivity contribution in [1.29, 1.82) is 0 Å². The van der Waals surface area contributed by atoms with Crippen molar-refractivity contribution < 1.29 is 18.4 Å². The molecular formula is C18H15FN2O3. The van der Waals surface area contributed by atoms with Gasteiger partial charge in [0.15, 0.2) is 11.5 Å². The number of aromatic nitrogens is 1. The van der Waals surface area contributed by atoms with Gasteiger partial charge in [-0.15, -0.1) is 0 Å². The average Bonchev–Trinajstić information content (AvgIpc) is 3.08. The van der Waals surface area contributed by atoms with Crippen LogP contribution in [0.1, 0.15) is 16.1 Å². The van der Waals surface area contributed by atoms with Gasteiger partial charge >= 0.3 is 0 Å². The zero-order chi connectivity index (χ0) is 17.1. The minimum absolute atomic E-state index is 0.113. The number of hydrogen-bond acceptors (Lipinski definition) is 4. The Balaban J connectivity index is 1.76. The molecule has 0 aliphatic carbocycles. The maximum Gasteiger partial charge on any atom is 0.277 e. The topological polar surface area (TPSA) is 64.4 Å². The highest BCUT2D eigenvalue weighted by Crippen LogP contribution is 2.23. The Labute approximate surface area is 138 Å². The highest BCUT2D eigenvalue weighted by atomic mass is 19.1. The summed E-state index contributed by atoms with van der Waals surface area (Å²) in [4.78, 5) is 12.2. The van der Waals surface area contributed by atoms with E-state index in [1.165, 1.54) is 12.1 Å². The van der Waals surface area contributed by atoms with Gasteiger partial charge in [-0.05, 0) is 42.8 Å². The molecule has 0 radical (unpaired) electrons. The van der Waals surface area contributed by atoms with E-state index < -0.39 is 5.91 Å². The van der Waals surface area contributed by atoms with Crippen LogP contribution in [0.2, 0.25) is 0 Å². The summed E-state index contributed by atoms with van der Waals surface area (Å²) in [5.41, 5.74) is 1.78. The Hall–Kier alpha value is -3.15. The molecule has 6 heteroatoms. The Morgan fingerprint density at radius 2 is 1.92 bits per heavy atom. The van der Waals surface area contributed by atoms with Crippen molar-refractivity contribution in [2.75, 3.05) is 12.4 Å². The van der Waals surface area contributed by atoms with Gasteiger partial charge in [0, 0.05) is 17.3 Å². The van der Waals surface area contributed by atoms with Crippen LogP contribution in [0.5, 0.6) is 5.75 Å². The molecule has 1 heterocycles. The summed E-state index contributed by atoms with van der Waals surface area (Å²) >= 11 is 0. The number of carbonyl (C=O) groups excluding carboxylic acids is 1. The van der Waals surface area contributed by atoms with E-state index in [0.29, 0.717) is 28.3 Å². The monoisotopic (exact) mass is 326 g/mol. The molecule has 5 nitrogen and oxygen atoms in total. The summed E-state index contributed by atoms with van der Waals surface area (Å²) in [7, 11) is 1.57. The number of rotatable bonds is 4. The van der Waals surface area contributed by atoms with Gasteiger partial charge in [0.1, 0.15) is 11.6 Å². The fraction of sp³-hybridized carbons (Fsp3) is 0.111. The quantitative estimate of drug-likeness (QED) is 0.785. The van der Waals surface area contributed by atoms with Crippen molar-refractivity contribution in [3.8, 4) is 17.1 Å². The molecule has 0 saturated heterocycles. The summed E-state index contributed by atoms with van der Waals surface area (Å²) < 4.78 is 23.8. The Kier molecular flexibility index (Phi) is 4.29. The number of nitrogens with one attached hydrogen (secondary N) is 1. The smallest absolute Gasteiger partial charge is 0.277 e. The number of ether oxygens (including phenoxy) is 1. The summed E-state index contributed by atoms with van der Waals surface area (Å²) in [6.45, 7) is 1.67. The lowest BCUT2D eigenvalue weighted by atomic mass is 10.1. The first-order valence-electron chi connectivity index (χ1n) is 7.25. The van der Waals surface area contributed by atoms with E-state index in [1.54, 1.807) is 50.4 Å². The SMILES string of the molecule is COc1ccc(NC(=O)c2cc(-c3ccc(C)c(F)c3)on2)cc1. The largest absolute Gasteiger partial charge is 0.497 e. The van der Waals surface area contributed by atoms with Crippen molar-refractivity contribution in [1.82, 2.24) is 5.16 Å². The van der Waals surface area contributed by atoms with Crippen LogP contribution in [0.15, 0.2) is 53.1 Å². The van der Waals surface area contributed by atoms with Crippen LogP contribution in [0.4, 0.5) is 10.1 Å². The molecule has 2 aromatic carbocycles. The van der Waals surface area contributed by atoms with E-state index in [1.807, 2.05) is 0 Å². The van der Waals surface area contributed by atoms with E-state index in [-0.39, 0.29) is 11.5 Å². The number of halogens is 1. The van der Waals surface area contributed by atoms with Gasteiger partial charge in [0.25, 0.3) is 5.91 Å². The van der Waals surface area contributed by atoms with Crippen molar-refractivity contribution in [3.05, 3.63) is 65.6 Å². The molecule has 1 aromatic heterocycles. The van der Waals surface area contributed by atoms with Crippen LogP contribution in [0.3, 0.4) is 0 Å². The predicted octanol–water partition coefficient (Wildman–Crippen LogP) is 4.05. The van der Waals surface area contributed by atoms with Gasteiger partial charge in [-0.1, -0.05) is 17.3 Å². The standard InChI is InChI=1S/C18H15FN2O3/c1-11-3-4-12(9-15(11)19)17-10-16(21-24-17)18(22)20-13-5-7-14(23-2)8-6-13/h3-10H,1-2H3,(H,20,22). The first-order chi connectivity index (χ1) is 11.6. The fourth-order valence-corrected chi connectivity index (χ4v) is 2.13.